The van der Waals surface area contributed by atoms with E-state index in [0.29, 0.717) is 11.5 Å². The largest absolute Gasteiger partial charge is 0.497 e. The minimum absolute atomic E-state index is 0.0358. The summed E-state index contributed by atoms with van der Waals surface area (Å²) in [6.45, 7) is 0. The lowest BCUT2D eigenvalue weighted by atomic mass is 10.0. The highest BCUT2D eigenvalue weighted by atomic mass is 32.1. The number of hydrogen-bond acceptors (Lipinski definition) is 6. The number of rotatable bonds is 6. The highest BCUT2D eigenvalue weighted by molar-refractivity contribution is 7.80. The SMILES string of the molecule is COc1ccc([N+](=O)[O-])c(C(O)C(O)CCS)c1. The zero-order valence-corrected chi connectivity index (χ0v) is 10.7. The maximum atomic E-state index is 10.9. The van der Waals surface area contributed by atoms with Gasteiger partial charge in [-0.3, -0.25) is 10.1 Å². The monoisotopic (exact) mass is 273 g/mol. The number of thiol groups is 1. The molecule has 1 rings (SSSR count). The van der Waals surface area contributed by atoms with E-state index in [1.165, 1.54) is 25.3 Å². The molecule has 0 spiro atoms. The van der Waals surface area contributed by atoms with Gasteiger partial charge in [0.2, 0.25) is 0 Å². The van der Waals surface area contributed by atoms with E-state index in [2.05, 4.69) is 12.6 Å². The molecule has 0 bridgehead atoms. The number of benzene rings is 1. The van der Waals surface area contributed by atoms with Gasteiger partial charge in [0.05, 0.1) is 23.7 Å². The smallest absolute Gasteiger partial charge is 0.275 e. The lowest BCUT2D eigenvalue weighted by Crippen LogP contribution is -2.19. The van der Waals surface area contributed by atoms with Gasteiger partial charge in [-0.2, -0.15) is 12.6 Å². The van der Waals surface area contributed by atoms with Gasteiger partial charge in [0.25, 0.3) is 5.69 Å². The number of ether oxygens (including phenoxy) is 1. The Morgan fingerprint density at radius 3 is 2.67 bits per heavy atom. The van der Waals surface area contributed by atoms with Crippen LogP contribution in [0.2, 0.25) is 0 Å². The van der Waals surface area contributed by atoms with E-state index in [1.807, 2.05) is 0 Å². The van der Waals surface area contributed by atoms with E-state index in [-0.39, 0.29) is 17.7 Å². The summed E-state index contributed by atoms with van der Waals surface area (Å²) in [5.41, 5.74) is -0.213. The Hall–Kier alpha value is -1.31. The van der Waals surface area contributed by atoms with Gasteiger partial charge in [-0.1, -0.05) is 0 Å². The summed E-state index contributed by atoms with van der Waals surface area (Å²) in [5, 5.41) is 30.5. The molecule has 0 fully saturated rings. The summed E-state index contributed by atoms with van der Waals surface area (Å²) in [4.78, 5) is 10.3. The Bertz CT molecular complexity index is 426. The number of nitro benzene ring substituents is 1. The zero-order chi connectivity index (χ0) is 13.7. The van der Waals surface area contributed by atoms with Gasteiger partial charge in [-0.25, -0.2) is 0 Å². The van der Waals surface area contributed by atoms with Crippen LogP contribution in [-0.2, 0) is 0 Å². The number of methoxy groups -OCH3 is 1. The van der Waals surface area contributed by atoms with Crippen molar-refractivity contribution in [2.75, 3.05) is 12.9 Å². The van der Waals surface area contributed by atoms with Gasteiger partial charge in [0.15, 0.2) is 0 Å². The second-order valence-corrected chi connectivity index (χ2v) is 4.15. The van der Waals surface area contributed by atoms with E-state index in [9.17, 15) is 20.3 Å². The van der Waals surface area contributed by atoms with Gasteiger partial charge in [-0.05, 0) is 24.3 Å². The fourth-order valence-electron chi connectivity index (χ4n) is 1.56. The van der Waals surface area contributed by atoms with E-state index in [1.54, 1.807) is 0 Å². The Balaban J connectivity index is 3.14. The number of aliphatic hydroxyl groups excluding tert-OH is 2. The molecule has 0 aliphatic rings. The third-order valence-electron chi connectivity index (χ3n) is 2.54. The van der Waals surface area contributed by atoms with E-state index >= 15 is 0 Å². The molecule has 2 atom stereocenters. The Labute approximate surface area is 110 Å². The molecule has 7 heteroatoms. The van der Waals surface area contributed by atoms with Crippen LogP contribution in [0.1, 0.15) is 18.1 Å². The number of nitrogens with zero attached hydrogens (tertiary/aromatic N) is 1. The normalized spacial score (nSPS) is 14.0. The average molecular weight is 273 g/mol. The molecule has 2 unspecified atom stereocenters. The molecular formula is C11H15NO5S. The summed E-state index contributed by atoms with van der Waals surface area (Å²) < 4.78 is 4.95. The first-order valence-electron chi connectivity index (χ1n) is 5.30. The maximum absolute atomic E-state index is 10.9. The van der Waals surface area contributed by atoms with Gasteiger partial charge >= 0.3 is 0 Å². The van der Waals surface area contributed by atoms with E-state index in [4.69, 9.17) is 4.74 Å². The summed E-state index contributed by atoms with van der Waals surface area (Å²) in [6, 6.07) is 4.02. The first-order chi connectivity index (χ1) is 8.51. The second-order valence-electron chi connectivity index (χ2n) is 3.71. The Morgan fingerprint density at radius 1 is 1.50 bits per heavy atom. The second kappa shape index (κ2) is 6.58. The molecule has 0 heterocycles. The molecule has 100 valence electrons. The van der Waals surface area contributed by atoms with Crippen molar-refractivity contribution in [2.45, 2.75) is 18.6 Å². The molecular weight excluding hydrogens is 258 g/mol. The van der Waals surface area contributed by atoms with Crippen LogP contribution in [0.3, 0.4) is 0 Å². The first kappa shape index (κ1) is 14.7. The molecule has 18 heavy (non-hydrogen) atoms. The van der Waals surface area contributed by atoms with Crippen LogP contribution in [0.4, 0.5) is 5.69 Å². The van der Waals surface area contributed by atoms with Gasteiger partial charge in [0.1, 0.15) is 11.9 Å². The maximum Gasteiger partial charge on any atom is 0.275 e. The summed E-state index contributed by atoms with van der Waals surface area (Å²) in [7, 11) is 1.42. The lowest BCUT2D eigenvalue weighted by Gasteiger charge is -2.17. The minimum Gasteiger partial charge on any atom is -0.497 e. The van der Waals surface area contributed by atoms with Crippen molar-refractivity contribution in [1.82, 2.24) is 0 Å². The van der Waals surface area contributed by atoms with Gasteiger partial charge in [0, 0.05) is 6.07 Å². The summed E-state index contributed by atoms with van der Waals surface area (Å²) in [5.74, 6) is 0.753. The van der Waals surface area contributed by atoms with Crippen LogP contribution < -0.4 is 4.74 Å². The van der Waals surface area contributed by atoms with Crippen LogP contribution in [0.25, 0.3) is 0 Å². The Morgan fingerprint density at radius 2 is 2.17 bits per heavy atom. The molecule has 0 saturated carbocycles. The van der Waals surface area contributed by atoms with Crippen LogP contribution in [0, 0.1) is 10.1 Å². The molecule has 6 nitrogen and oxygen atoms in total. The minimum atomic E-state index is -1.34. The fourth-order valence-corrected chi connectivity index (χ4v) is 1.82. The number of aliphatic hydroxyl groups is 2. The molecule has 1 aromatic rings. The lowest BCUT2D eigenvalue weighted by molar-refractivity contribution is -0.386. The van der Waals surface area contributed by atoms with Crippen LogP contribution in [-0.4, -0.2) is 34.1 Å². The summed E-state index contributed by atoms with van der Waals surface area (Å²) in [6.07, 6.45) is -2.21. The molecule has 0 aliphatic heterocycles. The topological polar surface area (TPSA) is 92.8 Å². The van der Waals surface area contributed by atoms with Crippen LogP contribution >= 0.6 is 12.6 Å². The van der Waals surface area contributed by atoms with Crippen molar-refractivity contribution in [1.29, 1.82) is 0 Å². The highest BCUT2D eigenvalue weighted by Crippen LogP contribution is 2.31. The van der Waals surface area contributed by atoms with Crippen LogP contribution in [0.15, 0.2) is 18.2 Å². The predicted molar refractivity (Wildman–Crippen MR) is 69.1 cm³/mol. The van der Waals surface area contributed by atoms with Crippen molar-refractivity contribution >= 4 is 18.3 Å². The molecule has 2 N–H and O–H groups in total. The summed E-state index contributed by atoms with van der Waals surface area (Å²) >= 11 is 3.94. The number of nitro groups is 1. The molecule has 1 aromatic carbocycles. The van der Waals surface area contributed by atoms with Crippen molar-refractivity contribution in [3.63, 3.8) is 0 Å². The van der Waals surface area contributed by atoms with E-state index in [0.717, 1.165) is 0 Å². The molecule has 0 saturated heterocycles. The fraction of sp³-hybridized carbons (Fsp3) is 0.455. The number of hydrogen-bond donors (Lipinski definition) is 3. The van der Waals surface area contributed by atoms with Crippen molar-refractivity contribution < 1.29 is 19.9 Å². The third-order valence-corrected chi connectivity index (χ3v) is 2.80. The molecule has 0 radical (unpaired) electrons. The van der Waals surface area contributed by atoms with E-state index < -0.39 is 17.1 Å². The zero-order valence-electron chi connectivity index (χ0n) is 9.81. The van der Waals surface area contributed by atoms with Crippen molar-refractivity contribution in [2.24, 2.45) is 0 Å². The third kappa shape index (κ3) is 3.34. The van der Waals surface area contributed by atoms with Crippen LogP contribution in [0.5, 0.6) is 5.75 Å². The first-order valence-corrected chi connectivity index (χ1v) is 5.93. The molecule has 0 amide bonds. The van der Waals surface area contributed by atoms with Crippen molar-refractivity contribution in [3.05, 3.63) is 33.9 Å². The average Bonchev–Trinajstić information content (AvgIpc) is 2.37. The Kier molecular flexibility index (Phi) is 5.39. The van der Waals surface area contributed by atoms with Gasteiger partial charge in [-0.15, -0.1) is 0 Å². The standard InChI is InChI=1S/C11H15NO5S/c1-17-7-2-3-9(12(15)16)8(6-7)11(14)10(13)4-5-18/h2-3,6,10-11,13-14,18H,4-5H2,1H3. The molecule has 0 aromatic heterocycles. The molecule has 0 aliphatic carbocycles. The van der Waals surface area contributed by atoms with Crippen molar-refractivity contribution in [3.8, 4) is 5.75 Å². The van der Waals surface area contributed by atoms with Gasteiger partial charge < -0.3 is 14.9 Å². The highest BCUT2D eigenvalue weighted by Gasteiger charge is 2.26. The predicted octanol–water partition coefficient (Wildman–Crippen LogP) is 1.32. The quantitative estimate of drug-likeness (QED) is 0.413.